The zero-order chi connectivity index (χ0) is 28.5. The van der Waals surface area contributed by atoms with Crippen molar-refractivity contribution in [1.82, 2.24) is 14.7 Å². The number of ketones is 4. The summed E-state index contributed by atoms with van der Waals surface area (Å²) in [6, 6.07) is -0.000980. The molecule has 1 aliphatic heterocycles. The Morgan fingerprint density at radius 2 is 1.79 bits per heavy atom. The fourth-order valence-corrected chi connectivity index (χ4v) is 7.07. The molecule has 1 aromatic carbocycles. The summed E-state index contributed by atoms with van der Waals surface area (Å²) < 4.78 is 15.9. The SMILES string of the molecule is CN1CCN(Cc2cc(O)c3c(c2F)C[C@H]2C[C@H]4[C@H](N(C)C)C(=O)C(C(N)=O)C(=O)[C@@]4(O)C(=O)C2C3=O)CC1. The number of primary amides is 1. The summed E-state index contributed by atoms with van der Waals surface area (Å²) in [5, 5.41) is 22.4. The predicted octanol–water partition coefficient (Wildman–Crippen LogP) is -1.25. The van der Waals surface area contributed by atoms with Gasteiger partial charge in [-0.3, -0.25) is 33.8 Å². The van der Waals surface area contributed by atoms with Crippen molar-refractivity contribution < 1.29 is 38.6 Å². The molecule has 3 aliphatic carbocycles. The number of aromatic hydroxyl groups is 1. The average molecular weight is 545 g/mol. The van der Waals surface area contributed by atoms with E-state index >= 15 is 4.39 Å². The van der Waals surface area contributed by atoms with Gasteiger partial charge in [0.2, 0.25) is 5.91 Å². The highest BCUT2D eigenvalue weighted by Gasteiger charge is 2.69. The summed E-state index contributed by atoms with van der Waals surface area (Å²) >= 11 is 0. The van der Waals surface area contributed by atoms with Crippen molar-refractivity contribution in [2.24, 2.45) is 29.4 Å². The van der Waals surface area contributed by atoms with E-state index in [2.05, 4.69) is 9.80 Å². The number of fused-ring (bicyclic) bond motifs is 3. The van der Waals surface area contributed by atoms with Crippen molar-refractivity contribution in [3.8, 4) is 5.75 Å². The summed E-state index contributed by atoms with van der Waals surface area (Å²) in [6.45, 7) is 3.30. The zero-order valence-corrected chi connectivity index (χ0v) is 22.1. The largest absolute Gasteiger partial charge is 0.507 e. The quantitative estimate of drug-likeness (QED) is 0.391. The van der Waals surface area contributed by atoms with Gasteiger partial charge in [-0.1, -0.05) is 0 Å². The van der Waals surface area contributed by atoms with E-state index in [-0.39, 0.29) is 36.1 Å². The van der Waals surface area contributed by atoms with Crippen molar-refractivity contribution in [2.45, 2.75) is 31.0 Å². The molecule has 6 atom stereocenters. The van der Waals surface area contributed by atoms with Gasteiger partial charge in [-0.15, -0.1) is 0 Å². The normalized spacial score (nSPS) is 33.6. The maximum atomic E-state index is 15.9. The maximum absolute atomic E-state index is 15.9. The number of phenols is 1. The van der Waals surface area contributed by atoms with Crippen LogP contribution in [0.3, 0.4) is 0 Å². The summed E-state index contributed by atoms with van der Waals surface area (Å²) in [7, 11) is 5.02. The highest BCUT2D eigenvalue weighted by molar-refractivity contribution is 6.32. The smallest absolute Gasteiger partial charge is 0.235 e. The van der Waals surface area contributed by atoms with E-state index in [1.54, 1.807) is 0 Å². The van der Waals surface area contributed by atoms with Crippen molar-refractivity contribution >= 4 is 29.0 Å². The van der Waals surface area contributed by atoms with Crippen molar-refractivity contribution in [3.05, 3.63) is 28.6 Å². The lowest BCUT2D eigenvalue weighted by molar-refractivity contribution is -0.181. The molecule has 2 unspecified atom stereocenters. The van der Waals surface area contributed by atoms with Crippen LogP contribution in [0.5, 0.6) is 5.75 Å². The number of nitrogens with two attached hydrogens (primary N) is 1. The van der Waals surface area contributed by atoms with Crippen molar-refractivity contribution in [1.29, 1.82) is 0 Å². The van der Waals surface area contributed by atoms with Gasteiger partial charge in [0.15, 0.2) is 34.7 Å². The van der Waals surface area contributed by atoms with Crippen LogP contribution in [-0.2, 0) is 32.1 Å². The monoisotopic (exact) mass is 544 g/mol. The number of carbonyl (C=O) groups is 5. The first-order chi connectivity index (χ1) is 18.3. The van der Waals surface area contributed by atoms with Gasteiger partial charge in [-0.25, -0.2) is 4.39 Å². The molecule has 0 spiro atoms. The number of Topliss-reactive ketones (excluding diaryl/α,β-unsaturated/α-hetero) is 4. The van der Waals surface area contributed by atoms with E-state index in [0.29, 0.717) is 13.1 Å². The number of carbonyl (C=O) groups excluding carboxylic acids is 5. The van der Waals surface area contributed by atoms with E-state index in [1.165, 1.54) is 25.1 Å². The Bertz CT molecular complexity index is 1290. The lowest BCUT2D eigenvalue weighted by atomic mass is 9.52. The third kappa shape index (κ3) is 4.03. The minimum atomic E-state index is -2.80. The Morgan fingerprint density at radius 3 is 2.38 bits per heavy atom. The third-order valence-corrected chi connectivity index (χ3v) is 9.06. The Kier molecular flexibility index (Phi) is 6.73. The minimum absolute atomic E-state index is 0.00602. The number of likely N-dealkylation sites (N-methyl/N-ethyl adjacent to an activating group) is 2. The second-order valence-corrected chi connectivity index (χ2v) is 11.6. The van der Waals surface area contributed by atoms with Gasteiger partial charge in [-0.2, -0.15) is 0 Å². The topological polar surface area (TPSA) is 162 Å². The van der Waals surface area contributed by atoms with Crippen molar-refractivity contribution in [2.75, 3.05) is 47.3 Å². The number of aliphatic hydroxyl groups is 1. The van der Waals surface area contributed by atoms with E-state index in [4.69, 9.17) is 5.73 Å². The maximum Gasteiger partial charge on any atom is 0.235 e. The molecule has 1 saturated heterocycles. The number of halogens is 1. The number of piperazine rings is 1. The molecule has 2 saturated carbocycles. The Labute approximate surface area is 224 Å². The molecule has 1 aromatic rings. The number of rotatable bonds is 4. The van der Waals surface area contributed by atoms with Gasteiger partial charge in [0.25, 0.3) is 0 Å². The molecule has 0 radical (unpaired) electrons. The fourth-order valence-electron chi connectivity index (χ4n) is 7.07. The standard InChI is InChI=1S/C27H33FN4O7/c1-30(2)21-15-9-12-8-14-18(16(33)10-13(20(14)28)11-32-6-4-31(3)5-7-32)22(34)17(12)24(36)27(15,39)25(37)19(23(21)35)26(29)38/h10,12,15,17,19,21,33,39H,4-9,11H2,1-3H3,(H2,29,38)/t12-,15-,17?,19?,21-,27-/m0/s1. The van der Waals surface area contributed by atoms with Gasteiger partial charge in [0.05, 0.1) is 17.5 Å². The fraction of sp³-hybridized carbons (Fsp3) is 0.593. The van der Waals surface area contributed by atoms with E-state index in [1.807, 2.05) is 7.05 Å². The van der Waals surface area contributed by atoms with Gasteiger partial charge in [-0.05, 0) is 46.0 Å². The van der Waals surface area contributed by atoms with Gasteiger partial charge in [0, 0.05) is 49.8 Å². The van der Waals surface area contributed by atoms with Crippen LogP contribution in [0, 0.1) is 29.5 Å². The first kappa shape index (κ1) is 27.5. The number of hydrogen-bond acceptors (Lipinski definition) is 10. The molecular formula is C27H33FN4O7. The lowest BCUT2D eigenvalue weighted by Gasteiger charge is -2.52. The van der Waals surface area contributed by atoms with Crippen LogP contribution in [-0.4, -0.2) is 113 Å². The summed E-state index contributed by atoms with van der Waals surface area (Å²) in [5.41, 5.74) is 2.41. The molecule has 5 rings (SSSR count). The Hall–Kier alpha value is -3.06. The number of nitrogens with zero attached hydrogens (tertiary/aromatic N) is 3. The molecule has 0 bridgehead atoms. The van der Waals surface area contributed by atoms with Crippen LogP contribution in [0.1, 0.15) is 27.9 Å². The van der Waals surface area contributed by atoms with Gasteiger partial charge < -0.3 is 20.8 Å². The van der Waals surface area contributed by atoms with E-state index in [0.717, 1.165) is 13.1 Å². The van der Waals surface area contributed by atoms with Crippen LogP contribution in [0.15, 0.2) is 6.07 Å². The molecule has 4 N–H and O–H groups in total. The highest BCUT2D eigenvalue weighted by atomic mass is 19.1. The average Bonchev–Trinajstić information content (AvgIpc) is 2.85. The minimum Gasteiger partial charge on any atom is -0.507 e. The molecule has 0 aromatic heterocycles. The van der Waals surface area contributed by atoms with Crippen LogP contribution < -0.4 is 5.73 Å². The van der Waals surface area contributed by atoms with Crippen LogP contribution in [0.2, 0.25) is 0 Å². The summed E-state index contributed by atoms with van der Waals surface area (Å²) in [5.74, 6) is -12.2. The summed E-state index contributed by atoms with van der Waals surface area (Å²) in [4.78, 5) is 71.5. The number of benzene rings is 1. The number of hydrogen-bond donors (Lipinski definition) is 3. The molecule has 210 valence electrons. The van der Waals surface area contributed by atoms with Crippen molar-refractivity contribution in [3.63, 3.8) is 0 Å². The molecule has 3 fully saturated rings. The molecule has 11 nitrogen and oxygen atoms in total. The molecule has 12 heteroatoms. The predicted molar refractivity (Wildman–Crippen MR) is 134 cm³/mol. The Morgan fingerprint density at radius 1 is 1.15 bits per heavy atom. The van der Waals surface area contributed by atoms with Gasteiger partial charge >= 0.3 is 0 Å². The number of phenolic OH excluding ortho intramolecular Hbond substituents is 1. The summed E-state index contributed by atoms with van der Waals surface area (Å²) in [6.07, 6.45) is -0.214. The van der Waals surface area contributed by atoms with E-state index < -0.39 is 75.9 Å². The van der Waals surface area contributed by atoms with Gasteiger partial charge in [0.1, 0.15) is 11.6 Å². The highest BCUT2D eigenvalue weighted by Crippen LogP contribution is 2.51. The number of amides is 1. The lowest BCUT2D eigenvalue weighted by Crippen LogP contribution is -2.74. The Balaban J connectivity index is 1.54. The zero-order valence-electron chi connectivity index (χ0n) is 22.1. The molecule has 39 heavy (non-hydrogen) atoms. The third-order valence-electron chi connectivity index (χ3n) is 9.06. The molecule has 4 aliphatic rings. The van der Waals surface area contributed by atoms with Crippen LogP contribution in [0.25, 0.3) is 0 Å². The first-order valence-corrected chi connectivity index (χ1v) is 13.1. The molecular weight excluding hydrogens is 511 g/mol. The molecule has 1 heterocycles. The second kappa shape index (κ2) is 9.54. The van der Waals surface area contributed by atoms with E-state index in [9.17, 15) is 34.2 Å². The van der Waals surface area contributed by atoms with Crippen LogP contribution >= 0.6 is 0 Å². The second-order valence-electron chi connectivity index (χ2n) is 11.6. The van der Waals surface area contributed by atoms with Crippen LogP contribution in [0.4, 0.5) is 4.39 Å². The first-order valence-electron chi connectivity index (χ1n) is 13.1. The molecule has 1 amide bonds.